The second kappa shape index (κ2) is 8.92. The number of alkyl halides is 2. The molecule has 4 aromatic rings. The van der Waals surface area contributed by atoms with Gasteiger partial charge in [-0.25, -0.2) is 9.55 Å². The average molecular weight is 556 g/mol. The van der Waals surface area contributed by atoms with E-state index in [2.05, 4.69) is 10.3 Å². The SMILES string of the molecule is CC(C)(OP(=O)(O)O)c1ccc(-c2ccc3nc4n(c3c2)[C@@H]2C[C@H]4NC(=O)c3cccc(OC(F)F)c32)cn1. The van der Waals surface area contributed by atoms with Crippen molar-refractivity contribution in [1.29, 1.82) is 0 Å². The maximum atomic E-state index is 13.2. The third-order valence-electron chi connectivity index (χ3n) is 7.03. The molecule has 1 amide bonds. The lowest BCUT2D eigenvalue weighted by Gasteiger charge is -2.24. The van der Waals surface area contributed by atoms with E-state index in [9.17, 15) is 27.9 Å². The van der Waals surface area contributed by atoms with Gasteiger partial charge in [0.05, 0.1) is 28.8 Å². The van der Waals surface area contributed by atoms with Crippen molar-refractivity contribution in [2.75, 3.05) is 0 Å². The fourth-order valence-corrected chi connectivity index (χ4v) is 6.14. The van der Waals surface area contributed by atoms with Gasteiger partial charge in [-0.3, -0.25) is 14.3 Å². The minimum absolute atomic E-state index is 0.0471. The Kier molecular flexibility index (Phi) is 5.85. The Morgan fingerprint density at radius 3 is 2.62 bits per heavy atom. The van der Waals surface area contributed by atoms with Crippen LogP contribution >= 0.6 is 7.82 Å². The van der Waals surface area contributed by atoms with Gasteiger partial charge >= 0.3 is 14.4 Å². The molecule has 13 heteroatoms. The molecule has 0 fully saturated rings. The number of pyridine rings is 1. The molecule has 2 aromatic carbocycles. The van der Waals surface area contributed by atoms with E-state index in [4.69, 9.17) is 14.2 Å². The number of imidazole rings is 1. The van der Waals surface area contributed by atoms with E-state index in [0.717, 1.165) is 16.6 Å². The Labute approximate surface area is 220 Å². The number of halogens is 2. The zero-order chi connectivity index (χ0) is 27.7. The van der Waals surface area contributed by atoms with Crippen molar-refractivity contribution in [2.24, 2.45) is 0 Å². The van der Waals surface area contributed by atoms with Gasteiger partial charge in [0.1, 0.15) is 17.2 Å². The number of phosphoric acid groups is 1. The van der Waals surface area contributed by atoms with Crippen LogP contribution in [0.3, 0.4) is 0 Å². The van der Waals surface area contributed by atoms with Crippen molar-refractivity contribution in [2.45, 2.75) is 44.6 Å². The zero-order valence-corrected chi connectivity index (χ0v) is 21.6. The van der Waals surface area contributed by atoms with E-state index in [1.807, 2.05) is 22.8 Å². The van der Waals surface area contributed by atoms with E-state index >= 15 is 0 Å². The number of ether oxygens (including phenoxy) is 1. The summed E-state index contributed by atoms with van der Waals surface area (Å²) < 4.78 is 49.5. The molecule has 0 spiro atoms. The number of carbonyl (C=O) groups is 1. The van der Waals surface area contributed by atoms with Gasteiger partial charge in [-0.1, -0.05) is 18.2 Å². The number of benzene rings is 2. The predicted octanol–water partition coefficient (Wildman–Crippen LogP) is 4.82. The highest BCUT2D eigenvalue weighted by atomic mass is 31.2. The van der Waals surface area contributed by atoms with Gasteiger partial charge in [-0.05, 0) is 56.2 Å². The van der Waals surface area contributed by atoms with Crippen molar-refractivity contribution in [1.82, 2.24) is 19.9 Å². The summed E-state index contributed by atoms with van der Waals surface area (Å²) in [4.78, 5) is 40.4. The summed E-state index contributed by atoms with van der Waals surface area (Å²) in [5.74, 6) is 0.213. The minimum Gasteiger partial charge on any atom is -0.434 e. The van der Waals surface area contributed by atoms with E-state index < -0.39 is 32.1 Å². The molecule has 2 aliphatic heterocycles. The van der Waals surface area contributed by atoms with Crippen LogP contribution in [0.2, 0.25) is 0 Å². The van der Waals surface area contributed by atoms with Crippen LogP contribution in [0.15, 0.2) is 54.7 Å². The molecular formula is C26H23F2N4O6P. The maximum Gasteiger partial charge on any atom is 0.470 e. The highest BCUT2D eigenvalue weighted by Crippen LogP contribution is 2.48. The normalized spacial score (nSPS) is 18.6. The molecule has 0 aliphatic carbocycles. The van der Waals surface area contributed by atoms with Gasteiger partial charge in [0.2, 0.25) is 0 Å². The number of carbonyl (C=O) groups excluding carboxylic acids is 1. The summed E-state index contributed by atoms with van der Waals surface area (Å²) >= 11 is 0. The summed E-state index contributed by atoms with van der Waals surface area (Å²) in [6, 6.07) is 12.7. The van der Waals surface area contributed by atoms with Crippen LogP contribution in [0.25, 0.3) is 22.2 Å². The lowest BCUT2D eigenvalue weighted by Crippen LogP contribution is -2.28. The number of nitrogens with one attached hydrogen (secondary N) is 1. The number of fused-ring (bicyclic) bond motifs is 9. The number of hydrogen-bond acceptors (Lipinski definition) is 6. The van der Waals surface area contributed by atoms with Crippen molar-refractivity contribution >= 4 is 24.8 Å². The summed E-state index contributed by atoms with van der Waals surface area (Å²) in [5.41, 5.74) is 2.64. The molecule has 0 radical (unpaired) electrons. The second-order valence-electron chi connectivity index (χ2n) is 9.94. The first-order valence-electron chi connectivity index (χ1n) is 12.0. The molecule has 6 rings (SSSR count). The van der Waals surface area contributed by atoms with Crippen LogP contribution in [-0.2, 0) is 14.7 Å². The predicted molar refractivity (Wildman–Crippen MR) is 135 cm³/mol. The quantitative estimate of drug-likeness (QED) is 0.288. The van der Waals surface area contributed by atoms with Gasteiger partial charge in [-0.15, -0.1) is 0 Å². The Hall–Kier alpha value is -3.70. The summed E-state index contributed by atoms with van der Waals surface area (Å²) in [7, 11) is -4.73. The van der Waals surface area contributed by atoms with Crippen LogP contribution in [0.4, 0.5) is 8.78 Å². The van der Waals surface area contributed by atoms with E-state index in [1.165, 1.54) is 26.0 Å². The molecule has 39 heavy (non-hydrogen) atoms. The summed E-state index contributed by atoms with van der Waals surface area (Å²) in [5, 5.41) is 2.96. The molecule has 2 aliphatic rings. The van der Waals surface area contributed by atoms with Crippen LogP contribution in [0, 0.1) is 0 Å². The molecule has 0 saturated heterocycles. The molecule has 0 saturated carbocycles. The fraction of sp³-hybridized carbons (Fsp3) is 0.269. The minimum atomic E-state index is -4.73. The van der Waals surface area contributed by atoms with Gasteiger partial charge in [0.25, 0.3) is 5.91 Å². The van der Waals surface area contributed by atoms with E-state index in [0.29, 0.717) is 29.0 Å². The number of amides is 1. The Morgan fingerprint density at radius 1 is 1.15 bits per heavy atom. The number of nitrogens with zero attached hydrogens (tertiary/aromatic N) is 3. The molecule has 2 atom stereocenters. The molecule has 2 aromatic heterocycles. The Morgan fingerprint density at radius 2 is 1.92 bits per heavy atom. The largest absolute Gasteiger partial charge is 0.470 e. The van der Waals surface area contributed by atoms with Crippen molar-refractivity contribution in [3.63, 3.8) is 0 Å². The zero-order valence-electron chi connectivity index (χ0n) is 20.7. The molecule has 202 valence electrons. The molecular weight excluding hydrogens is 533 g/mol. The third kappa shape index (κ3) is 4.49. The number of rotatable bonds is 6. The monoisotopic (exact) mass is 556 g/mol. The van der Waals surface area contributed by atoms with Crippen LogP contribution in [0.1, 0.15) is 59.8 Å². The molecule has 0 unspecified atom stereocenters. The first-order chi connectivity index (χ1) is 18.4. The van der Waals surface area contributed by atoms with Gasteiger partial charge < -0.3 is 24.4 Å². The topological polar surface area (TPSA) is 136 Å². The number of aromatic nitrogens is 3. The first kappa shape index (κ1) is 25.6. The Bertz CT molecular complexity index is 1670. The van der Waals surface area contributed by atoms with Gasteiger partial charge in [0.15, 0.2) is 0 Å². The van der Waals surface area contributed by atoms with Gasteiger partial charge in [0, 0.05) is 22.9 Å². The fourth-order valence-electron chi connectivity index (χ4n) is 5.45. The smallest absolute Gasteiger partial charge is 0.434 e. The lowest BCUT2D eigenvalue weighted by molar-refractivity contribution is -0.0507. The highest BCUT2D eigenvalue weighted by molar-refractivity contribution is 7.46. The molecule has 3 N–H and O–H groups in total. The van der Waals surface area contributed by atoms with Crippen molar-refractivity contribution in [3.8, 4) is 16.9 Å². The molecule has 10 nitrogen and oxygen atoms in total. The van der Waals surface area contributed by atoms with Gasteiger partial charge in [-0.2, -0.15) is 8.78 Å². The highest BCUT2D eigenvalue weighted by Gasteiger charge is 2.42. The van der Waals surface area contributed by atoms with Crippen molar-refractivity contribution in [3.05, 3.63) is 77.4 Å². The molecule has 4 heterocycles. The standard InChI is InChI=1S/C26H23F2N4O6P/c1-26(2,38-39(34,35)36)21-9-7-14(12-29-21)13-6-8-16-18(10-13)32-19-11-17(23(32)30-16)31-24(33)15-4-3-5-20(22(15)19)37-25(27)28/h3-10,12,17,19,25H,11H2,1-2H3,(H,31,33)(H2,34,35,36)/t17-,19-/m1/s1. The van der Waals surface area contributed by atoms with Crippen LogP contribution < -0.4 is 10.1 Å². The van der Waals surface area contributed by atoms with E-state index in [-0.39, 0.29) is 17.2 Å². The maximum absolute atomic E-state index is 13.2. The van der Waals surface area contributed by atoms with E-state index in [1.54, 1.807) is 24.4 Å². The lowest BCUT2D eigenvalue weighted by atomic mass is 9.97. The van der Waals surface area contributed by atoms with Crippen molar-refractivity contribution < 1.29 is 37.2 Å². The second-order valence-corrected chi connectivity index (χ2v) is 11.1. The number of hydrogen-bond donors (Lipinski definition) is 3. The average Bonchev–Trinajstić information content (AvgIpc) is 3.34. The van der Waals surface area contributed by atoms with Crippen LogP contribution in [-0.4, -0.2) is 36.8 Å². The molecule has 2 bridgehead atoms. The summed E-state index contributed by atoms with van der Waals surface area (Å²) in [6.07, 6.45) is 2.02. The Balaban J connectivity index is 1.43. The summed E-state index contributed by atoms with van der Waals surface area (Å²) in [6.45, 7) is -0.0177. The third-order valence-corrected chi connectivity index (χ3v) is 7.72. The number of phosphoric ester groups is 1. The first-order valence-corrected chi connectivity index (χ1v) is 13.6. The van der Waals surface area contributed by atoms with Crippen LogP contribution in [0.5, 0.6) is 5.75 Å².